The van der Waals surface area contributed by atoms with Crippen LogP contribution in [0.3, 0.4) is 0 Å². The highest BCUT2D eigenvalue weighted by atomic mass is 16.6. The molecule has 2 saturated heterocycles. The highest BCUT2D eigenvalue weighted by Gasteiger charge is 2.49. The zero-order valence-corrected chi connectivity index (χ0v) is 11.0. The number of primary amides is 1. The molecule has 102 valence electrons. The quantitative estimate of drug-likeness (QED) is 0.873. The lowest BCUT2D eigenvalue weighted by atomic mass is 9.81. The van der Waals surface area contributed by atoms with Gasteiger partial charge in [0, 0.05) is 6.04 Å². The van der Waals surface area contributed by atoms with Crippen LogP contribution in [0.1, 0.15) is 31.2 Å². The molecule has 0 aliphatic carbocycles. The largest absolute Gasteiger partial charge is 0.444 e. The van der Waals surface area contributed by atoms with Gasteiger partial charge in [0.05, 0.1) is 5.54 Å². The van der Waals surface area contributed by atoms with Crippen LogP contribution in [0.25, 0.3) is 0 Å². The van der Waals surface area contributed by atoms with Crippen molar-refractivity contribution >= 4 is 6.09 Å². The molecule has 0 unspecified atom stereocenters. The molecule has 1 amide bonds. The van der Waals surface area contributed by atoms with Crippen molar-refractivity contribution in [1.29, 1.82) is 0 Å². The molecule has 19 heavy (non-hydrogen) atoms. The number of piperidine rings is 1. The predicted octanol–water partition coefficient (Wildman–Crippen LogP) is 1.98. The van der Waals surface area contributed by atoms with Crippen molar-refractivity contribution < 1.29 is 9.53 Å². The maximum atomic E-state index is 11.1. The third-order valence-electron chi connectivity index (χ3n) is 4.44. The van der Waals surface area contributed by atoms with E-state index in [0.717, 1.165) is 32.1 Å². The summed E-state index contributed by atoms with van der Waals surface area (Å²) in [4.78, 5) is 11.1. The van der Waals surface area contributed by atoms with Gasteiger partial charge in [-0.2, -0.15) is 0 Å². The number of rotatable bonds is 3. The van der Waals surface area contributed by atoms with E-state index >= 15 is 0 Å². The maximum Gasteiger partial charge on any atom is 0.404 e. The number of hydrogen-bond acceptors (Lipinski definition) is 3. The summed E-state index contributed by atoms with van der Waals surface area (Å²) < 4.78 is 5.37. The Morgan fingerprint density at radius 3 is 2.84 bits per heavy atom. The smallest absolute Gasteiger partial charge is 0.404 e. The Bertz CT molecular complexity index is 462. The molecule has 0 saturated carbocycles. The second-order valence-corrected chi connectivity index (χ2v) is 5.70. The van der Waals surface area contributed by atoms with Crippen LogP contribution in [-0.4, -0.2) is 23.8 Å². The zero-order valence-electron chi connectivity index (χ0n) is 11.0. The van der Waals surface area contributed by atoms with Gasteiger partial charge in [0.1, 0.15) is 6.10 Å². The van der Waals surface area contributed by atoms with Crippen LogP contribution in [-0.2, 0) is 11.2 Å². The van der Waals surface area contributed by atoms with Crippen molar-refractivity contribution in [2.24, 2.45) is 5.73 Å². The van der Waals surface area contributed by atoms with Gasteiger partial charge in [-0.05, 0) is 37.7 Å². The molecule has 0 radical (unpaired) electrons. The van der Waals surface area contributed by atoms with Gasteiger partial charge in [-0.1, -0.05) is 30.3 Å². The summed E-state index contributed by atoms with van der Waals surface area (Å²) in [6.45, 7) is 0. The zero-order chi connectivity index (χ0) is 13.3. The first-order valence-corrected chi connectivity index (χ1v) is 6.96. The SMILES string of the molecule is NC(=O)O[C@@H]1CC[C@@H]2CC[C@]1(Cc1ccccc1)N2. The van der Waals surface area contributed by atoms with Crippen molar-refractivity contribution in [3.05, 3.63) is 35.9 Å². The van der Waals surface area contributed by atoms with Crippen LogP contribution in [0.2, 0.25) is 0 Å². The highest BCUT2D eigenvalue weighted by molar-refractivity contribution is 5.65. The molecule has 3 rings (SSSR count). The van der Waals surface area contributed by atoms with Gasteiger partial charge in [0.25, 0.3) is 0 Å². The van der Waals surface area contributed by atoms with E-state index < -0.39 is 6.09 Å². The van der Waals surface area contributed by atoms with Gasteiger partial charge in [0.15, 0.2) is 0 Å². The summed E-state index contributed by atoms with van der Waals surface area (Å²) in [7, 11) is 0. The standard InChI is InChI=1S/C15H20N2O2/c16-14(18)19-13-7-6-12-8-9-15(13,17-12)10-11-4-2-1-3-5-11/h1-5,12-13,17H,6-10H2,(H2,16,18)/t12-,13-,15-/m1/s1. The predicted molar refractivity (Wildman–Crippen MR) is 72.7 cm³/mol. The van der Waals surface area contributed by atoms with E-state index in [1.807, 2.05) is 18.2 Å². The summed E-state index contributed by atoms with van der Waals surface area (Å²) >= 11 is 0. The van der Waals surface area contributed by atoms with Crippen molar-refractivity contribution in [1.82, 2.24) is 5.32 Å². The van der Waals surface area contributed by atoms with Gasteiger partial charge >= 0.3 is 6.09 Å². The second kappa shape index (κ2) is 4.85. The topological polar surface area (TPSA) is 64.4 Å². The van der Waals surface area contributed by atoms with Crippen LogP contribution in [0, 0.1) is 0 Å². The number of carbonyl (C=O) groups excluding carboxylic acids is 1. The molecular formula is C15H20N2O2. The molecule has 4 heteroatoms. The lowest BCUT2D eigenvalue weighted by molar-refractivity contribution is 0.0207. The highest BCUT2D eigenvalue weighted by Crippen LogP contribution is 2.39. The molecule has 0 aromatic heterocycles. The summed E-state index contributed by atoms with van der Waals surface area (Å²) in [6.07, 6.45) is 4.30. The summed E-state index contributed by atoms with van der Waals surface area (Å²) in [5.74, 6) is 0. The van der Waals surface area contributed by atoms with E-state index in [4.69, 9.17) is 10.5 Å². The fourth-order valence-corrected chi connectivity index (χ4v) is 3.61. The van der Waals surface area contributed by atoms with Crippen molar-refractivity contribution in [3.63, 3.8) is 0 Å². The number of hydrogen-bond donors (Lipinski definition) is 2. The number of nitrogens with one attached hydrogen (secondary N) is 1. The molecule has 0 spiro atoms. The Morgan fingerprint density at radius 2 is 2.11 bits per heavy atom. The number of amides is 1. The van der Waals surface area contributed by atoms with Gasteiger partial charge < -0.3 is 15.8 Å². The van der Waals surface area contributed by atoms with Crippen molar-refractivity contribution in [2.45, 2.75) is 49.8 Å². The maximum absolute atomic E-state index is 11.1. The molecule has 2 heterocycles. The number of carbonyl (C=O) groups is 1. The first kappa shape index (κ1) is 12.5. The summed E-state index contributed by atoms with van der Waals surface area (Å²) in [5, 5.41) is 3.67. The molecule has 1 aromatic rings. The fourth-order valence-electron chi connectivity index (χ4n) is 3.61. The summed E-state index contributed by atoms with van der Waals surface area (Å²) in [6, 6.07) is 10.9. The minimum absolute atomic E-state index is 0.107. The van der Waals surface area contributed by atoms with E-state index in [9.17, 15) is 4.79 Å². The van der Waals surface area contributed by atoms with Crippen LogP contribution >= 0.6 is 0 Å². The first-order chi connectivity index (χ1) is 9.18. The van der Waals surface area contributed by atoms with E-state index in [-0.39, 0.29) is 11.6 Å². The van der Waals surface area contributed by atoms with E-state index in [0.29, 0.717) is 6.04 Å². The number of fused-ring (bicyclic) bond motifs is 2. The molecule has 2 aliphatic rings. The van der Waals surface area contributed by atoms with Crippen molar-refractivity contribution in [3.8, 4) is 0 Å². The Labute approximate surface area is 113 Å². The average Bonchev–Trinajstić information content (AvgIpc) is 2.73. The minimum Gasteiger partial charge on any atom is -0.444 e. The number of benzene rings is 1. The molecule has 2 bridgehead atoms. The molecule has 2 aliphatic heterocycles. The minimum atomic E-state index is -0.662. The lowest BCUT2D eigenvalue weighted by Crippen LogP contribution is -2.59. The van der Waals surface area contributed by atoms with E-state index in [2.05, 4.69) is 17.4 Å². The Kier molecular flexibility index (Phi) is 3.19. The Hall–Kier alpha value is -1.55. The van der Waals surface area contributed by atoms with Crippen LogP contribution in [0.15, 0.2) is 30.3 Å². The Balaban J connectivity index is 1.83. The lowest BCUT2D eigenvalue weighted by Gasteiger charge is -2.41. The second-order valence-electron chi connectivity index (χ2n) is 5.70. The van der Waals surface area contributed by atoms with E-state index in [1.54, 1.807) is 0 Å². The third kappa shape index (κ3) is 2.45. The number of ether oxygens (including phenoxy) is 1. The fraction of sp³-hybridized carbons (Fsp3) is 0.533. The molecule has 3 N–H and O–H groups in total. The molecule has 2 fully saturated rings. The van der Waals surface area contributed by atoms with Crippen LogP contribution < -0.4 is 11.1 Å². The monoisotopic (exact) mass is 260 g/mol. The van der Waals surface area contributed by atoms with Gasteiger partial charge in [-0.3, -0.25) is 0 Å². The van der Waals surface area contributed by atoms with Crippen LogP contribution in [0.4, 0.5) is 4.79 Å². The average molecular weight is 260 g/mol. The summed E-state index contributed by atoms with van der Waals surface area (Å²) in [5.41, 5.74) is 6.37. The Morgan fingerprint density at radius 1 is 1.32 bits per heavy atom. The first-order valence-electron chi connectivity index (χ1n) is 6.96. The normalized spacial score (nSPS) is 33.1. The molecule has 4 nitrogen and oxygen atoms in total. The van der Waals surface area contributed by atoms with Gasteiger partial charge in [0.2, 0.25) is 0 Å². The van der Waals surface area contributed by atoms with Crippen molar-refractivity contribution in [2.75, 3.05) is 0 Å². The van der Waals surface area contributed by atoms with Gasteiger partial charge in [-0.25, -0.2) is 4.79 Å². The molecule has 1 aromatic carbocycles. The van der Waals surface area contributed by atoms with Crippen LogP contribution in [0.5, 0.6) is 0 Å². The van der Waals surface area contributed by atoms with E-state index in [1.165, 1.54) is 5.56 Å². The third-order valence-corrected chi connectivity index (χ3v) is 4.44. The molecular weight excluding hydrogens is 240 g/mol. The van der Waals surface area contributed by atoms with Gasteiger partial charge in [-0.15, -0.1) is 0 Å². The molecule has 3 atom stereocenters. The number of nitrogens with two attached hydrogens (primary N) is 1.